The van der Waals surface area contributed by atoms with E-state index >= 15 is 0 Å². The summed E-state index contributed by atoms with van der Waals surface area (Å²) in [7, 11) is 0. The molecule has 0 saturated heterocycles. The van der Waals surface area contributed by atoms with Gasteiger partial charge in [-0.05, 0) is 19.1 Å². The minimum Gasteiger partial charge on any atom is -0.374 e. The van der Waals surface area contributed by atoms with Crippen LogP contribution in [0.3, 0.4) is 0 Å². The minimum absolute atomic E-state index is 0.0933. The molecule has 20 heavy (non-hydrogen) atoms. The number of nitrogens with zero attached hydrogens (tertiary/aromatic N) is 4. The molecule has 3 aromatic rings. The fourth-order valence-electron chi connectivity index (χ4n) is 1.93. The predicted molar refractivity (Wildman–Crippen MR) is 80.5 cm³/mol. The van der Waals surface area contributed by atoms with E-state index in [-0.39, 0.29) is 6.04 Å². The summed E-state index contributed by atoms with van der Waals surface area (Å²) in [4.78, 5) is 8.28. The van der Waals surface area contributed by atoms with Crippen molar-refractivity contribution in [2.75, 3.05) is 5.32 Å². The van der Waals surface area contributed by atoms with Crippen LogP contribution < -0.4 is 5.32 Å². The molecular weight excluding hydrogens is 294 g/mol. The molecule has 0 radical (unpaired) electrons. The van der Waals surface area contributed by atoms with Crippen LogP contribution in [-0.4, -0.2) is 19.7 Å². The van der Waals surface area contributed by atoms with Crippen molar-refractivity contribution in [3.63, 3.8) is 0 Å². The van der Waals surface area contributed by atoms with Crippen molar-refractivity contribution in [3.8, 4) is 5.69 Å². The van der Waals surface area contributed by atoms with Crippen LogP contribution >= 0.6 is 22.9 Å². The lowest BCUT2D eigenvalue weighted by molar-refractivity contribution is 0.846. The van der Waals surface area contributed by atoms with Gasteiger partial charge < -0.3 is 5.32 Å². The number of para-hydroxylation sites is 1. The Balaban J connectivity index is 1.96. The summed E-state index contributed by atoms with van der Waals surface area (Å²) in [6.45, 7) is 2.06. The zero-order valence-corrected chi connectivity index (χ0v) is 12.3. The first-order valence-electron chi connectivity index (χ1n) is 6.05. The number of benzene rings is 1. The largest absolute Gasteiger partial charge is 0.374 e. The molecule has 1 unspecified atom stereocenters. The number of aromatic nitrogens is 4. The van der Waals surface area contributed by atoms with Crippen LogP contribution in [0.1, 0.15) is 18.0 Å². The molecule has 2 aromatic heterocycles. The number of hydrogen-bond acceptors (Lipinski definition) is 5. The van der Waals surface area contributed by atoms with Gasteiger partial charge in [-0.1, -0.05) is 17.7 Å². The molecule has 0 bridgehead atoms. The Kier molecular flexibility index (Phi) is 3.66. The topological polar surface area (TPSA) is 55.6 Å². The molecule has 0 fully saturated rings. The Labute approximate surface area is 125 Å². The van der Waals surface area contributed by atoms with Crippen LogP contribution in [0.15, 0.2) is 42.4 Å². The predicted octanol–water partition coefficient (Wildman–Crippen LogP) is 3.55. The van der Waals surface area contributed by atoms with E-state index in [0.29, 0.717) is 5.02 Å². The maximum absolute atomic E-state index is 6.29. The molecule has 7 heteroatoms. The lowest BCUT2D eigenvalue weighted by Crippen LogP contribution is -2.09. The van der Waals surface area contributed by atoms with Gasteiger partial charge in [0.1, 0.15) is 23.3 Å². The summed E-state index contributed by atoms with van der Waals surface area (Å²) in [6.07, 6.45) is 4.91. The average molecular weight is 306 g/mol. The quantitative estimate of drug-likeness (QED) is 0.801. The van der Waals surface area contributed by atoms with Gasteiger partial charge in [-0.2, -0.15) is 5.10 Å². The van der Waals surface area contributed by atoms with Gasteiger partial charge in [0.2, 0.25) is 0 Å². The molecule has 1 atom stereocenters. The summed E-state index contributed by atoms with van der Waals surface area (Å²) in [5.74, 6) is 0. The highest BCUT2D eigenvalue weighted by Gasteiger charge is 2.14. The first-order chi connectivity index (χ1) is 9.75. The van der Waals surface area contributed by atoms with Gasteiger partial charge in [0.15, 0.2) is 0 Å². The molecule has 3 rings (SSSR count). The second kappa shape index (κ2) is 5.60. The average Bonchev–Trinajstić information content (AvgIpc) is 3.12. The van der Waals surface area contributed by atoms with Crippen molar-refractivity contribution >= 4 is 28.6 Å². The number of rotatable bonds is 4. The number of thiazole rings is 1. The third-order valence-corrected chi connectivity index (χ3v) is 4.09. The molecule has 0 aliphatic rings. The summed E-state index contributed by atoms with van der Waals surface area (Å²) < 4.78 is 1.65. The highest BCUT2D eigenvalue weighted by atomic mass is 35.5. The molecule has 0 amide bonds. The van der Waals surface area contributed by atoms with Crippen LogP contribution in [0.4, 0.5) is 5.69 Å². The standard InChI is InChI=1S/C13H12ClN5S/c1-9(13-16-5-6-20-13)18-11-4-2-3-10(14)12(11)19-8-15-7-17-19/h2-9,18H,1H3. The van der Waals surface area contributed by atoms with Crippen LogP contribution in [-0.2, 0) is 0 Å². The minimum atomic E-state index is 0.0933. The maximum Gasteiger partial charge on any atom is 0.138 e. The van der Waals surface area contributed by atoms with E-state index in [0.717, 1.165) is 16.4 Å². The second-order valence-electron chi connectivity index (χ2n) is 4.21. The van der Waals surface area contributed by atoms with Gasteiger partial charge in [-0.3, -0.25) is 0 Å². The fraction of sp³-hybridized carbons (Fsp3) is 0.154. The zero-order valence-electron chi connectivity index (χ0n) is 10.7. The number of nitrogens with one attached hydrogen (secondary N) is 1. The molecule has 1 N–H and O–H groups in total. The normalized spacial score (nSPS) is 12.3. The lowest BCUT2D eigenvalue weighted by Gasteiger charge is -2.17. The lowest BCUT2D eigenvalue weighted by atomic mass is 10.2. The van der Waals surface area contributed by atoms with E-state index in [2.05, 4.69) is 27.3 Å². The summed E-state index contributed by atoms with van der Waals surface area (Å²) in [5.41, 5.74) is 1.68. The third kappa shape index (κ3) is 2.52. The Hall–Kier alpha value is -1.92. The van der Waals surface area contributed by atoms with Gasteiger partial charge in [0.05, 0.1) is 16.8 Å². The first kappa shape index (κ1) is 13.1. The Morgan fingerprint density at radius 1 is 1.40 bits per heavy atom. The van der Waals surface area contributed by atoms with Gasteiger partial charge in [0.25, 0.3) is 0 Å². The van der Waals surface area contributed by atoms with Crippen molar-refractivity contribution in [1.29, 1.82) is 0 Å². The smallest absolute Gasteiger partial charge is 0.138 e. The Morgan fingerprint density at radius 2 is 2.30 bits per heavy atom. The summed E-state index contributed by atoms with van der Waals surface area (Å²) >= 11 is 7.90. The summed E-state index contributed by atoms with van der Waals surface area (Å²) in [5, 5.41) is 11.2. The molecule has 102 valence electrons. The van der Waals surface area contributed by atoms with Gasteiger partial charge in [0, 0.05) is 11.6 Å². The van der Waals surface area contributed by atoms with E-state index in [1.165, 1.54) is 6.33 Å². The molecule has 5 nitrogen and oxygen atoms in total. The van der Waals surface area contributed by atoms with E-state index in [4.69, 9.17) is 11.6 Å². The molecule has 0 aliphatic heterocycles. The maximum atomic E-state index is 6.29. The highest BCUT2D eigenvalue weighted by molar-refractivity contribution is 7.09. The fourth-order valence-corrected chi connectivity index (χ4v) is 2.84. The van der Waals surface area contributed by atoms with E-state index in [1.54, 1.807) is 28.5 Å². The van der Waals surface area contributed by atoms with Crippen molar-refractivity contribution in [3.05, 3.63) is 52.5 Å². The molecule has 1 aromatic carbocycles. The van der Waals surface area contributed by atoms with Gasteiger partial charge >= 0.3 is 0 Å². The van der Waals surface area contributed by atoms with Crippen LogP contribution in [0, 0.1) is 0 Å². The third-order valence-electron chi connectivity index (χ3n) is 2.83. The van der Waals surface area contributed by atoms with Crippen molar-refractivity contribution < 1.29 is 0 Å². The van der Waals surface area contributed by atoms with E-state index < -0.39 is 0 Å². The second-order valence-corrected chi connectivity index (χ2v) is 5.55. The molecule has 0 saturated carbocycles. The molecule has 2 heterocycles. The Morgan fingerprint density at radius 3 is 3.00 bits per heavy atom. The van der Waals surface area contributed by atoms with Gasteiger partial charge in [-0.25, -0.2) is 14.6 Å². The van der Waals surface area contributed by atoms with E-state index in [1.807, 2.05) is 23.6 Å². The van der Waals surface area contributed by atoms with Crippen LogP contribution in [0.5, 0.6) is 0 Å². The number of anilines is 1. The van der Waals surface area contributed by atoms with E-state index in [9.17, 15) is 0 Å². The van der Waals surface area contributed by atoms with Crippen molar-refractivity contribution in [2.24, 2.45) is 0 Å². The SMILES string of the molecule is CC(Nc1cccc(Cl)c1-n1cncn1)c1nccs1. The van der Waals surface area contributed by atoms with Crippen LogP contribution in [0.25, 0.3) is 5.69 Å². The van der Waals surface area contributed by atoms with Crippen LogP contribution in [0.2, 0.25) is 5.02 Å². The number of halogens is 1. The summed E-state index contributed by atoms with van der Waals surface area (Å²) in [6, 6.07) is 5.79. The molecule has 0 aliphatic carbocycles. The molecule has 0 spiro atoms. The first-order valence-corrected chi connectivity index (χ1v) is 7.31. The zero-order chi connectivity index (χ0) is 13.9. The monoisotopic (exact) mass is 305 g/mol. The van der Waals surface area contributed by atoms with Crippen molar-refractivity contribution in [2.45, 2.75) is 13.0 Å². The highest BCUT2D eigenvalue weighted by Crippen LogP contribution is 2.30. The van der Waals surface area contributed by atoms with Crippen molar-refractivity contribution in [1.82, 2.24) is 19.7 Å². The molecular formula is C13H12ClN5S. The Bertz CT molecular complexity index is 681. The number of hydrogen-bond donors (Lipinski definition) is 1. The van der Waals surface area contributed by atoms with Gasteiger partial charge in [-0.15, -0.1) is 11.3 Å².